The Balaban J connectivity index is 2.24. The maximum atomic E-state index is 12.0. The van der Waals surface area contributed by atoms with Gasteiger partial charge in [-0.05, 0) is 19.8 Å². The van der Waals surface area contributed by atoms with Crippen molar-refractivity contribution in [3.8, 4) is 0 Å². The number of carbonyl (C=O) groups excluding carboxylic acids is 1. The summed E-state index contributed by atoms with van der Waals surface area (Å²) in [6.45, 7) is 3.70. The number of likely N-dealkylation sites (tertiary alicyclic amines) is 1. The third-order valence-corrected chi connectivity index (χ3v) is 2.78. The van der Waals surface area contributed by atoms with E-state index in [4.69, 9.17) is 10.3 Å². The lowest BCUT2D eigenvalue weighted by Crippen LogP contribution is -2.29. The topological polar surface area (TPSA) is 72.4 Å². The van der Waals surface area contributed by atoms with Crippen LogP contribution in [0.15, 0.2) is 4.52 Å². The Kier molecular flexibility index (Phi) is 2.73. The van der Waals surface area contributed by atoms with Crippen LogP contribution in [0.2, 0.25) is 0 Å². The fraction of sp³-hybridized carbons (Fsp3) is 0.600. The second-order valence-electron chi connectivity index (χ2n) is 3.77. The van der Waals surface area contributed by atoms with Crippen molar-refractivity contribution in [1.82, 2.24) is 10.1 Å². The van der Waals surface area contributed by atoms with Gasteiger partial charge in [0.05, 0.1) is 0 Å². The number of hydrogen-bond acceptors (Lipinski definition) is 4. The van der Waals surface area contributed by atoms with E-state index in [0.29, 0.717) is 18.0 Å². The SMILES string of the molecule is Cc1onc(C(=O)N2CCCC2)c1CN. The van der Waals surface area contributed by atoms with Gasteiger partial charge in [0.2, 0.25) is 0 Å². The van der Waals surface area contributed by atoms with E-state index in [9.17, 15) is 4.79 Å². The maximum absolute atomic E-state index is 12.0. The molecule has 0 aromatic carbocycles. The second kappa shape index (κ2) is 4.02. The van der Waals surface area contributed by atoms with Crippen molar-refractivity contribution in [2.45, 2.75) is 26.3 Å². The number of hydrogen-bond donors (Lipinski definition) is 1. The molecule has 2 N–H and O–H groups in total. The molecule has 0 radical (unpaired) electrons. The average molecular weight is 209 g/mol. The second-order valence-corrected chi connectivity index (χ2v) is 3.77. The summed E-state index contributed by atoms with van der Waals surface area (Å²) in [7, 11) is 0. The quantitative estimate of drug-likeness (QED) is 0.777. The van der Waals surface area contributed by atoms with Crippen molar-refractivity contribution in [2.75, 3.05) is 13.1 Å². The Morgan fingerprint density at radius 1 is 1.53 bits per heavy atom. The highest BCUT2D eigenvalue weighted by Gasteiger charge is 2.25. The largest absolute Gasteiger partial charge is 0.361 e. The lowest BCUT2D eigenvalue weighted by Gasteiger charge is -2.13. The molecule has 1 saturated heterocycles. The predicted octanol–water partition coefficient (Wildman–Crippen LogP) is 0.678. The Morgan fingerprint density at radius 3 is 2.80 bits per heavy atom. The first-order valence-corrected chi connectivity index (χ1v) is 5.18. The van der Waals surface area contributed by atoms with Crippen molar-refractivity contribution in [1.29, 1.82) is 0 Å². The van der Waals surface area contributed by atoms with Crippen molar-refractivity contribution in [3.63, 3.8) is 0 Å². The monoisotopic (exact) mass is 209 g/mol. The van der Waals surface area contributed by atoms with E-state index < -0.39 is 0 Å². The number of rotatable bonds is 2. The summed E-state index contributed by atoms with van der Waals surface area (Å²) in [6.07, 6.45) is 2.14. The zero-order valence-electron chi connectivity index (χ0n) is 8.82. The summed E-state index contributed by atoms with van der Waals surface area (Å²) in [4.78, 5) is 13.8. The van der Waals surface area contributed by atoms with Crippen LogP contribution in [0.1, 0.15) is 34.7 Å². The molecule has 0 atom stereocenters. The van der Waals surface area contributed by atoms with Gasteiger partial charge in [0.25, 0.3) is 5.91 Å². The summed E-state index contributed by atoms with van der Waals surface area (Å²) in [5.41, 5.74) is 6.68. The first-order chi connectivity index (χ1) is 7.24. The molecule has 2 rings (SSSR count). The van der Waals surface area contributed by atoms with Crippen LogP contribution in [0, 0.1) is 6.92 Å². The Hall–Kier alpha value is -1.36. The van der Waals surface area contributed by atoms with Gasteiger partial charge in [-0.2, -0.15) is 0 Å². The van der Waals surface area contributed by atoms with Crippen molar-refractivity contribution in [3.05, 3.63) is 17.0 Å². The van der Waals surface area contributed by atoms with Crippen molar-refractivity contribution < 1.29 is 9.32 Å². The average Bonchev–Trinajstić information content (AvgIpc) is 2.85. The van der Waals surface area contributed by atoms with E-state index in [-0.39, 0.29) is 5.91 Å². The molecule has 15 heavy (non-hydrogen) atoms. The fourth-order valence-electron chi connectivity index (χ4n) is 1.87. The molecule has 0 aliphatic carbocycles. The highest BCUT2D eigenvalue weighted by Crippen LogP contribution is 2.17. The minimum Gasteiger partial charge on any atom is -0.361 e. The van der Waals surface area contributed by atoms with Crippen molar-refractivity contribution >= 4 is 5.91 Å². The van der Waals surface area contributed by atoms with Crippen LogP contribution in [0.5, 0.6) is 0 Å². The molecule has 0 spiro atoms. The summed E-state index contributed by atoms with van der Waals surface area (Å²) >= 11 is 0. The van der Waals surface area contributed by atoms with Gasteiger partial charge in [0.15, 0.2) is 5.69 Å². The van der Waals surface area contributed by atoms with Crippen LogP contribution < -0.4 is 5.73 Å². The van der Waals surface area contributed by atoms with E-state index in [0.717, 1.165) is 31.5 Å². The number of nitrogens with zero attached hydrogens (tertiary/aromatic N) is 2. The van der Waals surface area contributed by atoms with Gasteiger partial charge < -0.3 is 15.2 Å². The number of aromatic nitrogens is 1. The molecule has 0 saturated carbocycles. The van der Waals surface area contributed by atoms with Crippen molar-refractivity contribution in [2.24, 2.45) is 5.73 Å². The van der Waals surface area contributed by atoms with E-state index in [1.165, 1.54) is 0 Å². The van der Waals surface area contributed by atoms with Crippen LogP contribution in [-0.2, 0) is 6.54 Å². The van der Waals surface area contributed by atoms with E-state index in [2.05, 4.69) is 5.16 Å². The molecule has 0 bridgehead atoms. The van der Waals surface area contributed by atoms with Gasteiger partial charge >= 0.3 is 0 Å². The molecule has 1 aromatic rings. The third-order valence-electron chi connectivity index (χ3n) is 2.78. The molecular formula is C10H15N3O2. The lowest BCUT2D eigenvalue weighted by molar-refractivity contribution is 0.0781. The van der Waals surface area contributed by atoms with Gasteiger partial charge in [-0.3, -0.25) is 4.79 Å². The van der Waals surface area contributed by atoms with Crippen LogP contribution in [0.25, 0.3) is 0 Å². The summed E-state index contributed by atoms with van der Waals surface area (Å²) in [6, 6.07) is 0. The molecular weight excluding hydrogens is 194 g/mol. The summed E-state index contributed by atoms with van der Waals surface area (Å²) < 4.78 is 4.99. The standard InChI is InChI=1S/C10H15N3O2/c1-7-8(6-11)9(12-15-7)10(14)13-4-2-3-5-13/h2-6,11H2,1H3. The van der Waals surface area contributed by atoms with Crippen LogP contribution >= 0.6 is 0 Å². The fourth-order valence-corrected chi connectivity index (χ4v) is 1.87. The summed E-state index contributed by atoms with van der Waals surface area (Å²) in [5, 5.41) is 3.78. The highest BCUT2D eigenvalue weighted by molar-refractivity contribution is 5.94. The Bertz CT molecular complexity index is 367. The van der Waals surface area contributed by atoms with Crippen LogP contribution in [0.3, 0.4) is 0 Å². The van der Waals surface area contributed by atoms with E-state index in [1.54, 1.807) is 11.8 Å². The minimum atomic E-state index is -0.0511. The molecule has 1 fully saturated rings. The minimum absolute atomic E-state index is 0.0511. The van der Waals surface area contributed by atoms with Crippen LogP contribution in [0.4, 0.5) is 0 Å². The van der Waals surface area contributed by atoms with E-state index >= 15 is 0 Å². The Morgan fingerprint density at radius 2 is 2.20 bits per heavy atom. The number of amides is 1. The number of aryl methyl sites for hydroxylation is 1. The highest BCUT2D eigenvalue weighted by atomic mass is 16.5. The van der Waals surface area contributed by atoms with Gasteiger partial charge in [-0.1, -0.05) is 5.16 Å². The van der Waals surface area contributed by atoms with Gasteiger partial charge in [0, 0.05) is 25.2 Å². The molecule has 5 heteroatoms. The molecule has 1 aliphatic rings. The molecule has 0 unspecified atom stereocenters. The van der Waals surface area contributed by atoms with Gasteiger partial charge in [0.1, 0.15) is 5.76 Å². The first kappa shape index (κ1) is 10.2. The predicted molar refractivity (Wildman–Crippen MR) is 54.3 cm³/mol. The van der Waals surface area contributed by atoms with Gasteiger partial charge in [-0.25, -0.2) is 0 Å². The van der Waals surface area contributed by atoms with E-state index in [1.807, 2.05) is 0 Å². The molecule has 1 aromatic heterocycles. The zero-order valence-corrected chi connectivity index (χ0v) is 8.82. The molecule has 1 amide bonds. The molecule has 5 nitrogen and oxygen atoms in total. The molecule has 82 valence electrons. The molecule has 2 heterocycles. The number of carbonyl (C=O) groups is 1. The lowest BCUT2D eigenvalue weighted by atomic mass is 10.2. The third kappa shape index (κ3) is 1.74. The van der Waals surface area contributed by atoms with Gasteiger partial charge in [-0.15, -0.1) is 0 Å². The Labute approximate surface area is 88.2 Å². The molecule has 1 aliphatic heterocycles. The summed E-state index contributed by atoms with van der Waals surface area (Å²) in [5.74, 6) is 0.588. The normalized spacial score (nSPS) is 16.0. The smallest absolute Gasteiger partial charge is 0.276 e. The number of nitrogens with two attached hydrogens (primary N) is 1. The first-order valence-electron chi connectivity index (χ1n) is 5.18. The van der Waals surface area contributed by atoms with Crippen LogP contribution in [-0.4, -0.2) is 29.1 Å². The maximum Gasteiger partial charge on any atom is 0.276 e. The zero-order chi connectivity index (χ0) is 10.8.